The minimum Gasteiger partial charge on any atom is -0.508 e. The molecule has 1 aromatic carbocycles. The zero-order chi connectivity index (χ0) is 18.3. The summed E-state index contributed by atoms with van der Waals surface area (Å²) in [6, 6.07) is 9.40. The lowest BCUT2D eigenvalue weighted by atomic mass is 9.91. The number of nitrogens with one attached hydrogen (secondary N) is 2. The number of thiophene rings is 1. The number of hydrogen-bond donors (Lipinski definition) is 3. The Bertz CT molecular complexity index is 703. The maximum atomic E-state index is 9.99. The summed E-state index contributed by atoms with van der Waals surface area (Å²) < 4.78 is 5.21. The molecule has 5 nitrogen and oxygen atoms in total. The van der Waals surface area contributed by atoms with Crippen molar-refractivity contribution in [2.24, 2.45) is 4.99 Å². The van der Waals surface area contributed by atoms with E-state index in [4.69, 9.17) is 4.74 Å². The van der Waals surface area contributed by atoms with E-state index in [0.717, 1.165) is 24.6 Å². The second-order valence-corrected chi connectivity index (χ2v) is 7.35. The van der Waals surface area contributed by atoms with Crippen molar-refractivity contribution in [2.75, 3.05) is 20.2 Å². The maximum absolute atomic E-state index is 9.99. The number of nitrogens with zero attached hydrogens (tertiary/aromatic N) is 1. The van der Waals surface area contributed by atoms with E-state index in [1.54, 1.807) is 36.6 Å². The summed E-state index contributed by atoms with van der Waals surface area (Å²) >= 11 is 1.76. The zero-order valence-electron chi connectivity index (χ0n) is 15.7. The molecule has 7 heteroatoms. The van der Waals surface area contributed by atoms with Gasteiger partial charge in [0.05, 0.1) is 13.7 Å². The van der Waals surface area contributed by atoms with Crippen LogP contribution < -0.4 is 15.4 Å². The second-order valence-electron chi connectivity index (χ2n) is 6.40. The Morgan fingerprint density at radius 1 is 1.27 bits per heavy atom. The molecular weight excluding hydrogens is 461 g/mol. The first-order valence-electron chi connectivity index (χ1n) is 8.38. The molecule has 1 aromatic heterocycles. The summed E-state index contributed by atoms with van der Waals surface area (Å²) in [5.41, 5.74) is 0.747. The molecule has 0 radical (unpaired) electrons. The quantitative estimate of drug-likeness (QED) is 0.311. The van der Waals surface area contributed by atoms with Gasteiger partial charge in [0.2, 0.25) is 0 Å². The number of phenolic OH excluding ortho intramolecular Hbond substituents is 1. The van der Waals surface area contributed by atoms with Crippen molar-refractivity contribution >= 4 is 41.3 Å². The number of aliphatic imine (C=N–C) groups is 1. The fourth-order valence-electron chi connectivity index (χ4n) is 2.38. The molecule has 0 aliphatic carbocycles. The molecule has 2 rings (SSSR count). The molecule has 0 spiro atoms. The maximum Gasteiger partial charge on any atom is 0.191 e. The van der Waals surface area contributed by atoms with E-state index < -0.39 is 0 Å². The van der Waals surface area contributed by atoms with Gasteiger partial charge in [-0.2, -0.15) is 0 Å². The number of ether oxygens (including phenoxy) is 1. The predicted molar refractivity (Wildman–Crippen MR) is 120 cm³/mol. The van der Waals surface area contributed by atoms with Crippen LogP contribution in [0.4, 0.5) is 0 Å². The third-order valence-corrected chi connectivity index (χ3v) is 5.16. The van der Waals surface area contributed by atoms with Gasteiger partial charge >= 0.3 is 0 Å². The van der Waals surface area contributed by atoms with Crippen LogP contribution in [0.3, 0.4) is 0 Å². The van der Waals surface area contributed by atoms with Gasteiger partial charge in [0.1, 0.15) is 11.5 Å². The van der Waals surface area contributed by atoms with Crippen LogP contribution in [0.5, 0.6) is 11.5 Å². The Balaban J connectivity index is 0.00000338. The summed E-state index contributed by atoms with van der Waals surface area (Å²) in [6.07, 6.45) is 0. The van der Waals surface area contributed by atoms with E-state index in [2.05, 4.69) is 47.0 Å². The number of rotatable bonds is 7. The van der Waals surface area contributed by atoms with Gasteiger partial charge in [-0.3, -0.25) is 0 Å². The fraction of sp³-hybridized carbons (Fsp3) is 0.421. The largest absolute Gasteiger partial charge is 0.508 e. The van der Waals surface area contributed by atoms with Crippen molar-refractivity contribution in [1.29, 1.82) is 0 Å². The number of guanidine groups is 1. The Labute approximate surface area is 176 Å². The Hall–Kier alpha value is -1.48. The third kappa shape index (κ3) is 6.35. The molecule has 0 unspecified atom stereocenters. The molecule has 2 aromatic rings. The Kier molecular flexibility index (Phi) is 9.21. The van der Waals surface area contributed by atoms with Crippen LogP contribution in [0.1, 0.15) is 31.2 Å². The average Bonchev–Trinajstić information content (AvgIpc) is 3.14. The van der Waals surface area contributed by atoms with Gasteiger partial charge < -0.3 is 20.5 Å². The lowest BCUT2D eigenvalue weighted by Crippen LogP contribution is -2.43. The van der Waals surface area contributed by atoms with Crippen molar-refractivity contribution in [1.82, 2.24) is 10.6 Å². The highest BCUT2D eigenvalue weighted by Gasteiger charge is 2.21. The third-order valence-electron chi connectivity index (χ3n) is 3.92. The summed E-state index contributed by atoms with van der Waals surface area (Å²) in [5, 5.41) is 18.7. The van der Waals surface area contributed by atoms with Crippen LogP contribution in [0, 0.1) is 0 Å². The number of halogens is 1. The highest BCUT2D eigenvalue weighted by atomic mass is 127. The number of hydrogen-bond acceptors (Lipinski definition) is 4. The molecular formula is C19H28IN3O2S. The number of methoxy groups -OCH3 is 1. The highest BCUT2D eigenvalue weighted by Crippen LogP contribution is 2.26. The number of phenols is 1. The molecule has 144 valence electrons. The van der Waals surface area contributed by atoms with E-state index in [1.165, 1.54) is 4.88 Å². The molecule has 0 saturated carbocycles. The van der Waals surface area contributed by atoms with Crippen LogP contribution in [0.2, 0.25) is 0 Å². The molecule has 0 atom stereocenters. The van der Waals surface area contributed by atoms with E-state index in [9.17, 15) is 5.11 Å². The summed E-state index contributed by atoms with van der Waals surface area (Å²) in [5.74, 6) is 1.66. The first-order chi connectivity index (χ1) is 12.0. The molecule has 0 aliphatic rings. The minimum absolute atomic E-state index is 0. The zero-order valence-corrected chi connectivity index (χ0v) is 18.9. The monoisotopic (exact) mass is 489 g/mol. The lowest BCUT2D eigenvalue weighted by molar-refractivity contribution is 0.411. The van der Waals surface area contributed by atoms with Crippen molar-refractivity contribution < 1.29 is 9.84 Å². The van der Waals surface area contributed by atoms with Crippen LogP contribution in [-0.4, -0.2) is 31.3 Å². The molecule has 1 heterocycles. The van der Waals surface area contributed by atoms with Crippen molar-refractivity contribution in [2.45, 2.75) is 32.7 Å². The first-order valence-corrected chi connectivity index (χ1v) is 9.26. The normalized spacial score (nSPS) is 11.6. The smallest absolute Gasteiger partial charge is 0.191 e. The van der Waals surface area contributed by atoms with Gasteiger partial charge in [0.15, 0.2) is 5.96 Å². The van der Waals surface area contributed by atoms with E-state index in [0.29, 0.717) is 12.3 Å². The van der Waals surface area contributed by atoms with E-state index >= 15 is 0 Å². The van der Waals surface area contributed by atoms with Crippen molar-refractivity contribution in [3.8, 4) is 11.5 Å². The van der Waals surface area contributed by atoms with Crippen LogP contribution in [0.15, 0.2) is 40.7 Å². The summed E-state index contributed by atoms with van der Waals surface area (Å²) in [7, 11) is 1.61. The van der Waals surface area contributed by atoms with Gasteiger partial charge in [0, 0.05) is 28.9 Å². The van der Waals surface area contributed by atoms with Gasteiger partial charge in [-0.15, -0.1) is 35.3 Å². The molecule has 3 N–H and O–H groups in total. The SMILES string of the molecule is CCNC(=NCc1cc(OC)ccc1O)NCC(C)(C)c1cccs1.I. The van der Waals surface area contributed by atoms with Gasteiger partial charge in [0.25, 0.3) is 0 Å². The van der Waals surface area contributed by atoms with Gasteiger partial charge in [-0.05, 0) is 36.6 Å². The van der Waals surface area contributed by atoms with Crippen molar-refractivity contribution in [3.63, 3.8) is 0 Å². The minimum atomic E-state index is 0. The van der Waals surface area contributed by atoms with Gasteiger partial charge in [-0.25, -0.2) is 4.99 Å². The fourth-order valence-corrected chi connectivity index (χ4v) is 3.23. The second kappa shape index (κ2) is 10.6. The summed E-state index contributed by atoms with van der Waals surface area (Å²) in [6.45, 7) is 8.37. The highest BCUT2D eigenvalue weighted by molar-refractivity contribution is 14.0. The average molecular weight is 489 g/mol. The van der Waals surface area contributed by atoms with Gasteiger partial charge in [-0.1, -0.05) is 19.9 Å². The molecule has 0 amide bonds. The topological polar surface area (TPSA) is 65.9 Å². The lowest BCUT2D eigenvalue weighted by Gasteiger charge is -2.25. The molecule has 0 fully saturated rings. The molecule has 0 bridgehead atoms. The van der Waals surface area contributed by atoms with Crippen molar-refractivity contribution in [3.05, 3.63) is 46.2 Å². The number of aromatic hydroxyl groups is 1. The van der Waals surface area contributed by atoms with E-state index in [1.807, 2.05) is 6.92 Å². The Morgan fingerprint density at radius 3 is 2.65 bits per heavy atom. The first kappa shape index (κ1) is 22.6. The van der Waals surface area contributed by atoms with E-state index in [-0.39, 0.29) is 35.1 Å². The predicted octanol–water partition coefficient (Wildman–Crippen LogP) is 4.11. The number of benzene rings is 1. The summed E-state index contributed by atoms with van der Waals surface area (Å²) in [4.78, 5) is 5.92. The molecule has 0 saturated heterocycles. The Morgan fingerprint density at radius 2 is 2.04 bits per heavy atom. The van der Waals surface area contributed by atoms with Crippen LogP contribution >= 0.6 is 35.3 Å². The molecule has 0 aliphatic heterocycles. The standard InChI is InChI=1S/C19H27N3O2S.HI/c1-5-20-18(22-13-19(2,3)17-7-6-10-25-17)21-12-14-11-15(24-4)8-9-16(14)23;/h6-11,23H,5,12-13H2,1-4H3,(H2,20,21,22);1H. The van der Waals surface area contributed by atoms with Crippen LogP contribution in [-0.2, 0) is 12.0 Å². The molecule has 26 heavy (non-hydrogen) atoms. The van der Waals surface area contributed by atoms with Crippen LogP contribution in [0.25, 0.3) is 0 Å².